The molecule has 0 N–H and O–H groups in total. The molecule has 0 atom stereocenters. The number of aromatic nitrogens is 1. The summed E-state index contributed by atoms with van der Waals surface area (Å²) in [5, 5.41) is 0. The quantitative estimate of drug-likeness (QED) is 0.602. The molecule has 0 saturated carbocycles. The molecule has 1 aromatic heterocycles. The second kappa shape index (κ2) is 4.58. The second-order valence-corrected chi connectivity index (χ2v) is 2.83. The zero-order valence-corrected chi connectivity index (χ0v) is 8.40. The Labute approximate surface area is 82.3 Å². The van der Waals surface area contributed by atoms with E-state index in [1.807, 2.05) is 6.92 Å². The van der Waals surface area contributed by atoms with Gasteiger partial charge in [0.2, 0.25) is 0 Å². The molecule has 0 spiro atoms. The van der Waals surface area contributed by atoms with Crippen LogP contribution in [0.15, 0.2) is 12.3 Å². The monoisotopic (exact) mass is 203 g/mol. The Kier molecular flexibility index (Phi) is 3.69. The topological polar surface area (TPSA) is 22.1 Å². The van der Waals surface area contributed by atoms with Crippen molar-refractivity contribution >= 4 is 24.2 Å². The number of nitrogens with zero attached hydrogens (tertiary/aromatic N) is 1. The molecule has 0 radical (unpaired) electrons. The van der Waals surface area contributed by atoms with Gasteiger partial charge < -0.3 is 4.74 Å². The summed E-state index contributed by atoms with van der Waals surface area (Å²) in [6.45, 7) is 1.94. The van der Waals surface area contributed by atoms with E-state index in [-0.39, 0.29) is 6.07 Å². The SMILES string of the molecule is Cc1c(OCCl)ccnc1CS. The van der Waals surface area contributed by atoms with E-state index in [1.165, 1.54) is 0 Å². The van der Waals surface area contributed by atoms with Crippen LogP contribution in [-0.4, -0.2) is 11.1 Å². The number of halogens is 1. The van der Waals surface area contributed by atoms with Crippen molar-refractivity contribution in [2.75, 3.05) is 6.07 Å². The maximum absolute atomic E-state index is 5.44. The Morgan fingerprint density at radius 3 is 3.00 bits per heavy atom. The Hall–Kier alpha value is -0.410. The predicted octanol–water partition coefficient (Wildman–Crippen LogP) is 2.39. The van der Waals surface area contributed by atoms with Gasteiger partial charge in [-0.1, -0.05) is 11.6 Å². The maximum atomic E-state index is 5.44. The average molecular weight is 204 g/mol. The van der Waals surface area contributed by atoms with Gasteiger partial charge in [0.15, 0.2) is 6.07 Å². The van der Waals surface area contributed by atoms with Gasteiger partial charge in [0.05, 0.1) is 5.69 Å². The van der Waals surface area contributed by atoms with E-state index in [1.54, 1.807) is 12.3 Å². The average Bonchev–Trinajstić information content (AvgIpc) is 2.09. The molecule has 0 amide bonds. The normalized spacial score (nSPS) is 9.92. The Morgan fingerprint density at radius 2 is 2.42 bits per heavy atom. The van der Waals surface area contributed by atoms with Gasteiger partial charge in [0.25, 0.3) is 0 Å². The summed E-state index contributed by atoms with van der Waals surface area (Å²) in [5.74, 6) is 1.40. The highest BCUT2D eigenvalue weighted by Gasteiger charge is 2.03. The third-order valence-electron chi connectivity index (χ3n) is 1.62. The largest absolute Gasteiger partial charge is 0.478 e. The lowest BCUT2D eigenvalue weighted by Crippen LogP contribution is -1.96. The molecule has 0 aliphatic heterocycles. The van der Waals surface area contributed by atoms with Gasteiger partial charge in [-0.3, -0.25) is 4.98 Å². The molecular weight excluding hydrogens is 194 g/mol. The first kappa shape index (κ1) is 9.68. The first-order chi connectivity index (χ1) is 5.79. The van der Waals surface area contributed by atoms with E-state index in [4.69, 9.17) is 16.3 Å². The number of pyridine rings is 1. The molecule has 0 aromatic carbocycles. The summed E-state index contributed by atoms with van der Waals surface area (Å²) in [7, 11) is 0. The first-order valence-corrected chi connectivity index (χ1v) is 4.70. The van der Waals surface area contributed by atoms with Crippen molar-refractivity contribution in [3.8, 4) is 5.75 Å². The second-order valence-electron chi connectivity index (χ2n) is 2.29. The Morgan fingerprint density at radius 1 is 1.67 bits per heavy atom. The minimum Gasteiger partial charge on any atom is -0.478 e. The lowest BCUT2D eigenvalue weighted by atomic mass is 10.2. The van der Waals surface area contributed by atoms with E-state index in [0.29, 0.717) is 5.75 Å². The molecule has 1 aromatic rings. The van der Waals surface area contributed by atoms with Gasteiger partial charge in [-0.2, -0.15) is 12.6 Å². The van der Waals surface area contributed by atoms with Crippen molar-refractivity contribution in [1.82, 2.24) is 4.98 Å². The molecule has 0 aliphatic rings. The molecule has 2 nitrogen and oxygen atoms in total. The van der Waals surface area contributed by atoms with Gasteiger partial charge in [-0.15, -0.1) is 0 Å². The van der Waals surface area contributed by atoms with Crippen LogP contribution < -0.4 is 4.74 Å². The third-order valence-corrected chi connectivity index (χ3v) is 2.03. The molecule has 4 heteroatoms. The van der Waals surface area contributed by atoms with Crippen LogP contribution in [0.5, 0.6) is 5.75 Å². The van der Waals surface area contributed by atoms with Crippen LogP contribution in [0.2, 0.25) is 0 Å². The number of hydrogen-bond acceptors (Lipinski definition) is 3. The lowest BCUT2D eigenvalue weighted by Gasteiger charge is -2.07. The van der Waals surface area contributed by atoms with Crippen molar-refractivity contribution in [2.45, 2.75) is 12.7 Å². The summed E-state index contributed by atoms with van der Waals surface area (Å²) in [6.07, 6.45) is 1.69. The fourth-order valence-electron chi connectivity index (χ4n) is 0.934. The standard InChI is InChI=1S/C8H10ClNOS/c1-6-7(4-12)10-3-2-8(6)11-5-9/h2-3,12H,4-5H2,1H3. The maximum Gasteiger partial charge on any atom is 0.162 e. The van der Waals surface area contributed by atoms with Crippen LogP contribution in [0.1, 0.15) is 11.3 Å². The molecule has 0 unspecified atom stereocenters. The Balaban J connectivity index is 2.97. The van der Waals surface area contributed by atoms with Crippen molar-refractivity contribution in [3.63, 3.8) is 0 Å². The first-order valence-electron chi connectivity index (χ1n) is 3.53. The number of ether oxygens (including phenoxy) is 1. The summed E-state index contributed by atoms with van der Waals surface area (Å²) in [4.78, 5) is 4.14. The number of thiol groups is 1. The van der Waals surface area contributed by atoms with Gasteiger partial charge in [0.1, 0.15) is 5.75 Å². The molecule has 0 saturated heterocycles. The highest BCUT2D eigenvalue weighted by Crippen LogP contribution is 2.20. The molecule has 12 heavy (non-hydrogen) atoms. The highest BCUT2D eigenvalue weighted by atomic mass is 35.5. The fraction of sp³-hybridized carbons (Fsp3) is 0.375. The smallest absolute Gasteiger partial charge is 0.162 e. The summed E-state index contributed by atoms with van der Waals surface area (Å²) < 4.78 is 5.17. The van der Waals surface area contributed by atoms with Crippen molar-refractivity contribution in [3.05, 3.63) is 23.5 Å². The highest BCUT2D eigenvalue weighted by molar-refractivity contribution is 7.79. The molecule has 0 aliphatic carbocycles. The lowest BCUT2D eigenvalue weighted by molar-refractivity contribution is 0.384. The van der Waals surface area contributed by atoms with Crippen LogP contribution in [0, 0.1) is 6.92 Å². The van der Waals surface area contributed by atoms with E-state index < -0.39 is 0 Å². The fourth-order valence-corrected chi connectivity index (χ4v) is 1.37. The van der Waals surface area contributed by atoms with Gasteiger partial charge in [-0.05, 0) is 13.0 Å². The zero-order chi connectivity index (χ0) is 8.97. The van der Waals surface area contributed by atoms with Gasteiger partial charge >= 0.3 is 0 Å². The van der Waals surface area contributed by atoms with E-state index in [2.05, 4.69) is 17.6 Å². The van der Waals surface area contributed by atoms with E-state index >= 15 is 0 Å². The molecule has 0 bridgehead atoms. The van der Waals surface area contributed by atoms with E-state index in [0.717, 1.165) is 17.0 Å². The number of alkyl halides is 1. The molecular formula is C8H10ClNOS. The van der Waals surface area contributed by atoms with Crippen LogP contribution in [0.25, 0.3) is 0 Å². The van der Waals surface area contributed by atoms with Crippen LogP contribution in [-0.2, 0) is 5.75 Å². The minimum absolute atomic E-state index is 0.164. The van der Waals surface area contributed by atoms with Gasteiger partial charge in [-0.25, -0.2) is 0 Å². The van der Waals surface area contributed by atoms with Crippen molar-refractivity contribution < 1.29 is 4.74 Å². The Bertz CT molecular complexity index is 267. The summed E-state index contributed by atoms with van der Waals surface area (Å²) in [5.41, 5.74) is 1.94. The molecule has 1 rings (SSSR count). The third kappa shape index (κ3) is 2.05. The van der Waals surface area contributed by atoms with Crippen molar-refractivity contribution in [1.29, 1.82) is 0 Å². The van der Waals surface area contributed by atoms with E-state index in [9.17, 15) is 0 Å². The van der Waals surface area contributed by atoms with Crippen LogP contribution in [0.4, 0.5) is 0 Å². The predicted molar refractivity (Wildman–Crippen MR) is 53.0 cm³/mol. The molecule has 66 valence electrons. The molecule has 1 heterocycles. The summed E-state index contributed by atoms with van der Waals surface area (Å²) >= 11 is 9.59. The molecule has 0 fully saturated rings. The van der Waals surface area contributed by atoms with Crippen LogP contribution >= 0.6 is 24.2 Å². The number of hydrogen-bond donors (Lipinski definition) is 1. The van der Waals surface area contributed by atoms with Crippen molar-refractivity contribution in [2.24, 2.45) is 0 Å². The van der Waals surface area contributed by atoms with Gasteiger partial charge in [0, 0.05) is 17.5 Å². The summed E-state index contributed by atoms with van der Waals surface area (Å²) in [6, 6.07) is 1.96. The van der Waals surface area contributed by atoms with Crippen LogP contribution in [0.3, 0.4) is 0 Å². The zero-order valence-electron chi connectivity index (χ0n) is 6.75. The minimum atomic E-state index is 0.164. The number of rotatable bonds is 3.